The summed E-state index contributed by atoms with van der Waals surface area (Å²) >= 11 is 5.40. The summed E-state index contributed by atoms with van der Waals surface area (Å²) in [5.74, 6) is 2.09. The van der Waals surface area contributed by atoms with Crippen molar-refractivity contribution in [3.63, 3.8) is 0 Å². The highest BCUT2D eigenvalue weighted by molar-refractivity contribution is 7.89. The molecule has 6 rings (SSSR count). The minimum absolute atomic E-state index is 0.233. The number of hydrogen-bond acceptors (Lipinski definition) is 3. The van der Waals surface area contributed by atoms with Gasteiger partial charge < -0.3 is 10.6 Å². The van der Waals surface area contributed by atoms with E-state index >= 15 is 0 Å². The first kappa shape index (κ1) is 21.9. The molecule has 4 aliphatic carbocycles. The van der Waals surface area contributed by atoms with Crippen molar-refractivity contribution in [2.45, 2.75) is 62.3 Å². The maximum atomic E-state index is 13.2. The summed E-state index contributed by atoms with van der Waals surface area (Å²) in [6.07, 6.45) is 7.86. The molecule has 4 bridgehead atoms. The van der Waals surface area contributed by atoms with Crippen LogP contribution in [-0.4, -0.2) is 19.1 Å². The maximum Gasteiger partial charge on any atom is 0.241 e. The van der Waals surface area contributed by atoms with Crippen molar-refractivity contribution < 1.29 is 8.42 Å². The average Bonchev–Trinajstić information content (AvgIpc) is 2.73. The Morgan fingerprint density at radius 3 is 1.81 bits per heavy atom. The van der Waals surface area contributed by atoms with Crippen LogP contribution >= 0.6 is 12.2 Å². The minimum Gasteiger partial charge on any atom is -0.332 e. The van der Waals surface area contributed by atoms with E-state index in [4.69, 9.17) is 12.2 Å². The summed E-state index contributed by atoms with van der Waals surface area (Å²) in [7, 11) is -3.55. The molecule has 32 heavy (non-hydrogen) atoms. The topological polar surface area (TPSA) is 70.2 Å². The normalized spacial score (nSPS) is 28.5. The number of rotatable bonds is 6. The van der Waals surface area contributed by atoms with E-state index in [0.29, 0.717) is 27.8 Å². The van der Waals surface area contributed by atoms with Crippen LogP contribution in [0.3, 0.4) is 0 Å². The van der Waals surface area contributed by atoms with E-state index in [9.17, 15) is 8.42 Å². The highest BCUT2D eigenvalue weighted by atomic mass is 32.2. The zero-order valence-electron chi connectivity index (χ0n) is 18.4. The molecule has 4 fully saturated rings. The van der Waals surface area contributed by atoms with E-state index in [2.05, 4.69) is 34.4 Å². The Labute approximate surface area is 196 Å². The first-order valence-electron chi connectivity index (χ1n) is 11.6. The second-order valence-corrected chi connectivity index (χ2v) is 12.0. The Hall–Kier alpha value is -1.96. The van der Waals surface area contributed by atoms with E-state index in [1.807, 2.05) is 12.1 Å². The second kappa shape index (κ2) is 8.43. The van der Waals surface area contributed by atoms with E-state index in [0.717, 1.165) is 37.1 Å². The van der Waals surface area contributed by atoms with Gasteiger partial charge in [-0.3, -0.25) is 0 Å². The summed E-state index contributed by atoms with van der Waals surface area (Å²) in [6, 6.07) is 15.0. The highest BCUT2D eigenvalue weighted by Crippen LogP contribution is 2.55. The van der Waals surface area contributed by atoms with Gasteiger partial charge >= 0.3 is 0 Å². The molecule has 0 atom stereocenters. The number of sulfonamides is 1. The zero-order valence-corrected chi connectivity index (χ0v) is 20.1. The maximum absolute atomic E-state index is 13.2. The largest absolute Gasteiger partial charge is 0.332 e. The van der Waals surface area contributed by atoms with Crippen molar-refractivity contribution in [3.8, 4) is 0 Å². The van der Waals surface area contributed by atoms with Gasteiger partial charge in [0.25, 0.3) is 0 Å². The van der Waals surface area contributed by atoms with Gasteiger partial charge in [0.15, 0.2) is 5.11 Å². The third-order valence-corrected chi connectivity index (χ3v) is 9.23. The van der Waals surface area contributed by atoms with Crippen LogP contribution < -0.4 is 15.4 Å². The van der Waals surface area contributed by atoms with Crippen molar-refractivity contribution in [1.29, 1.82) is 0 Å². The van der Waals surface area contributed by atoms with Crippen LogP contribution in [-0.2, 0) is 16.4 Å². The molecule has 0 saturated heterocycles. The monoisotopic (exact) mass is 469 g/mol. The number of aryl methyl sites for hydroxylation is 1. The summed E-state index contributed by atoms with van der Waals surface area (Å²) in [6.45, 7) is 2.12. The predicted octanol–water partition coefficient (Wildman–Crippen LogP) is 5.31. The standard InChI is InChI=1S/C25H31N3O2S2/c1-2-17-3-5-21(6-4-17)26-24(31)27-22-7-9-23(10-8-22)32(29,30)28-25-14-18-11-19(15-25)13-20(12-18)16-25/h3-10,18-20,28H,2,11-16H2,1H3,(H2,26,27,31). The fourth-order valence-electron chi connectivity index (χ4n) is 6.41. The molecule has 5 nitrogen and oxygen atoms in total. The van der Waals surface area contributed by atoms with Gasteiger partial charge in [-0.25, -0.2) is 13.1 Å². The van der Waals surface area contributed by atoms with Crippen LogP contribution in [0.4, 0.5) is 11.4 Å². The summed E-state index contributed by atoms with van der Waals surface area (Å²) in [5.41, 5.74) is 2.71. The van der Waals surface area contributed by atoms with E-state index in [1.54, 1.807) is 24.3 Å². The second-order valence-electron chi connectivity index (χ2n) is 9.96. The molecule has 2 aromatic rings. The van der Waals surface area contributed by atoms with Gasteiger partial charge in [-0.1, -0.05) is 19.1 Å². The Morgan fingerprint density at radius 2 is 1.34 bits per heavy atom. The van der Waals surface area contributed by atoms with E-state index in [1.165, 1.54) is 24.8 Å². The van der Waals surface area contributed by atoms with Crippen LogP contribution in [0, 0.1) is 17.8 Å². The Morgan fingerprint density at radius 1 is 0.875 bits per heavy atom. The first-order valence-corrected chi connectivity index (χ1v) is 13.5. The summed E-state index contributed by atoms with van der Waals surface area (Å²) < 4.78 is 29.5. The quantitative estimate of drug-likeness (QED) is 0.501. The van der Waals surface area contributed by atoms with Crippen LogP contribution in [0.5, 0.6) is 0 Å². The molecule has 170 valence electrons. The lowest BCUT2D eigenvalue weighted by Gasteiger charge is -2.56. The van der Waals surface area contributed by atoms with Gasteiger partial charge in [-0.05, 0) is 117 Å². The number of hydrogen-bond donors (Lipinski definition) is 3. The molecule has 0 unspecified atom stereocenters. The number of nitrogens with one attached hydrogen (secondary N) is 3. The van der Waals surface area contributed by atoms with Crippen LogP contribution in [0.25, 0.3) is 0 Å². The van der Waals surface area contributed by atoms with Crippen LogP contribution in [0.15, 0.2) is 53.4 Å². The van der Waals surface area contributed by atoms with Gasteiger partial charge in [-0.2, -0.15) is 0 Å². The van der Waals surface area contributed by atoms with Crippen LogP contribution in [0.1, 0.15) is 51.0 Å². The SMILES string of the molecule is CCc1ccc(NC(=S)Nc2ccc(S(=O)(=O)NC34CC5CC(CC(C5)C3)C4)cc2)cc1. The van der Waals surface area contributed by atoms with Crippen molar-refractivity contribution in [2.75, 3.05) is 10.6 Å². The number of thiocarbonyl (C=S) groups is 1. The summed E-state index contributed by atoms with van der Waals surface area (Å²) in [4.78, 5) is 0.313. The molecule has 3 N–H and O–H groups in total. The Kier molecular flexibility index (Phi) is 5.76. The molecule has 0 radical (unpaired) electrons. The molecule has 2 aromatic carbocycles. The third-order valence-electron chi connectivity index (χ3n) is 7.43. The minimum atomic E-state index is -3.55. The first-order chi connectivity index (χ1) is 15.3. The van der Waals surface area contributed by atoms with E-state index < -0.39 is 10.0 Å². The van der Waals surface area contributed by atoms with Crippen molar-refractivity contribution in [2.24, 2.45) is 17.8 Å². The Balaban J connectivity index is 1.22. The fraction of sp³-hybridized carbons (Fsp3) is 0.480. The van der Waals surface area contributed by atoms with Gasteiger partial charge in [0.2, 0.25) is 10.0 Å². The smallest absolute Gasteiger partial charge is 0.241 e. The number of benzene rings is 2. The van der Waals surface area contributed by atoms with Crippen molar-refractivity contribution in [1.82, 2.24) is 4.72 Å². The average molecular weight is 470 g/mol. The van der Waals surface area contributed by atoms with Crippen molar-refractivity contribution in [3.05, 3.63) is 54.1 Å². The Bertz CT molecular complexity index is 1060. The molecule has 7 heteroatoms. The number of anilines is 2. The van der Waals surface area contributed by atoms with Crippen molar-refractivity contribution >= 4 is 38.7 Å². The molecular formula is C25H31N3O2S2. The molecule has 0 aliphatic heterocycles. The van der Waals surface area contributed by atoms with Gasteiger partial charge in [0.05, 0.1) is 4.90 Å². The zero-order chi connectivity index (χ0) is 22.3. The lowest BCUT2D eigenvalue weighted by atomic mass is 9.53. The lowest BCUT2D eigenvalue weighted by Crippen LogP contribution is -2.59. The highest BCUT2D eigenvalue weighted by Gasteiger charge is 2.52. The molecule has 0 aromatic heterocycles. The molecule has 4 aliphatic rings. The third kappa shape index (κ3) is 4.56. The van der Waals surface area contributed by atoms with E-state index in [-0.39, 0.29) is 5.54 Å². The predicted molar refractivity (Wildman–Crippen MR) is 133 cm³/mol. The molecule has 0 heterocycles. The molecule has 0 spiro atoms. The lowest BCUT2D eigenvalue weighted by molar-refractivity contribution is -0.00810. The van der Waals surface area contributed by atoms with Gasteiger partial charge in [0.1, 0.15) is 0 Å². The molecule has 0 amide bonds. The van der Waals surface area contributed by atoms with Crippen LogP contribution in [0.2, 0.25) is 0 Å². The molecular weight excluding hydrogens is 438 g/mol. The fourth-order valence-corrected chi connectivity index (χ4v) is 8.08. The summed E-state index contributed by atoms with van der Waals surface area (Å²) in [5, 5.41) is 6.76. The van der Waals surface area contributed by atoms with Gasteiger partial charge in [0, 0.05) is 16.9 Å². The molecule has 4 saturated carbocycles. The van der Waals surface area contributed by atoms with Gasteiger partial charge in [-0.15, -0.1) is 0 Å².